The first kappa shape index (κ1) is 10.7. The van der Waals surface area contributed by atoms with Crippen LogP contribution in [0.3, 0.4) is 0 Å². The highest BCUT2D eigenvalue weighted by atomic mass is 28.2. The summed E-state index contributed by atoms with van der Waals surface area (Å²) in [6.45, 7) is 6.83. The Hall–Kier alpha value is -0.346. The lowest BCUT2D eigenvalue weighted by Crippen LogP contribution is -2.07. The van der Waals surface area contributed by atoms with E-state index in [-0.39, 0.29) is 9.52 Å². The topological polar surface area (TPSA) is 0 Å². The lowest BCUT2D eigenvalue weighted by Gasteiger charge is -1.89. The molecular weight excluding hydrogens is 164 g/mol. The van der Waals surface area contributed by atoms with Crippen LogP contribution in [0.15, 0.2) is 30.3 Å². The summed E-state index contributed by atoms with van der Waals surface area (Å²) in [5.41, 5.74) is 0. The zero-order valence-electron chi connectivity index (χ0n) is 7.80. The van der Waals surface area contributed by atoms with Crippen molar-refractivity contribution < 1.29 is 0 Å². The van der Waals surface area contributed by atoms with Crippen molar-refractivity contribution in [2.75, 3.05) is 0 Å². The smallest absolute Gasteiger partial charge is 0.0516 e. The molecule has 62 valence electrons. The number of benzene rings is 1. The molecule has 1 aromatic rings. The SMILES string of the molecule is C[SiH2]C.C[SiH2]c1ccccc1. The second-order valence-electron chi connectivity index (χ2n) is 2.55. The molecule has 0 unspecified atom stereocenters. The highest BCUT2D eigenvalue weighted by Crippen LogP contribution is 1.79. The van der Waals surface area contributed by atoms with Crippen LogP contribution < -0.4 is 5.19 Å². The van der Waals surface area contributed by atoms with Gasteiger partial charge in [-0.2, -0.15) is 0 Å². The molecule has 0 radical (unpaired) electrons. The molecule has 0 atom stereocenters. The Bertz CT molecular complexity index is 160. The highest BCUT2D eigenvalue weighted by molar-refractivity contribution is 6.51. The van der Waals surface area contributed by atoms with Crippen LogP contribution in [-0.4, -0.2) is 19.0 Å². The molecule has 0 aromatic heterocycles. The van der Waals surface area contributed by atoms with Crippen LogP contribution >= 0.6 is 0 Å². The molecule has 0 fully saturated rings. The normalized spacial score (nSPS) is 9.36. The second-order valence-corrected chi connectivity index (χ2v) is 5.48. The van der Waals surface area contributed by atoms with E-state index < -0.39 is 0 Å². The zero-order chi connectivity index (χ0) is 8.53. The van der Waals surface area contributed by atoms with E-state index in [0.717, 1.165) is 0 Å². The molecule has 2 heteroatoms. The second kappa shape index (κ2) is 7.76. The van der Waals surface area contributed by atoms with E-state index in [4.69, 9.17) is 0 Å². The van der Waals surface area contributed by atoms with Crippen molar-refractivity contribution >= 4 is 24.2 Å². The maximum Gasteiger partial charge on any atom is 0.0516 e. The van der Waals surface area contributed by atoms with Crippen molar-refractivity contribution in [2.24, 2.45) is 0 Å². The van der Waals surface area contributed by atoms with Gasteiger partial charge in [0.2, 0.25) is 0 Å². The molecule has 0 nitrogen and oxygen atoms in total. The summed E-state index contributed by atoms with van der Waals surface area (Å²) < 4.78 is 0. The van der Waals surface area contributed by atoms with Crippen molar-refractivity contribution in [1.29, 1.82) is 0 Å². The molecule has 0 N–H and O–H groups in total. The fourth-order valence-corrected chi connectivity index (χ4v) is 1.46. The van der Waals surface area contributed by atoms with Crippen LogP contribution in [0.5, 0.6) is 0 Å². The average Bonchev–Trinajstić information content (AvgIpc) is 2.08. The first-order valence-electron chi connectivity index (χ1n) is 4.39. The van der Waals surface area contributed by atoms with Crippen LogP contribution in [-0.2, 0) is 0 Å². The summed E-state index contributed by atoms with van der Waals surface area (Å²) in [4.78, 5) is 0. The first-order chi connectivity index (χ1) is 5.35. The minimum absolute atomic E-state index is 0.0913. The predicted molar refractivity (Wildman–Crippen MR) is 60.8 cm³/mol. The van der Waals surface area contributed by atoms with Crippen molar-refractivity contribution in [3.63, 3.8) is 0 Å². The summed E-state index contributed by atoms with van der Waals surface area (Å²) in [6.07, 6.45) is 0. The standard InChI is InChI=1S/C7H10Si.C2H8Si/c1-8-7-5-3-2-4-6-7;1-3-2/h2-6H,8H2,1H3;3H2,1-2H3. The molecule has 1 rings (SSSR count). The summed E-state index contributed by atoms with van der Waals surface area (Å²) in [6, 6.07) is 10.7. The molecule has 0 amide bonds. The zero-order valence-corrected chi connectivity index (χ0v) is 10.6. The van der Waals surface area contributed by atoms with E-state index in [1.165, 1.54) is 0 Å². The molecule has 0 saturated carbocycles. The van der Waals surface area contributed by atoms with Gasteiger partial charge in [0.25, 0.3) is 0 Å². The molecule has 0 aliphatic rings. The fourth-order valence-electron chi connectivity index (χ4n) is 0.714. The highest BCUT2D eigenvalue weighted by Gasteiger charge is 1.80. The van der Waals surface area contributed by atoms with Crippen LogP contribution in [0.25, 0.3) is 0 Å². The molecule has 0 bridgehead atoms. The third-order valence-electron chi connectivity index (χ3n) is 1.25. The van der Waals surface area contributed by atoms with Gasteiger partial charge in [-0.25, -0.2) is 0 Å². The van der Waals surface area contributed by atoms with Crippen molar-refractivity contribution in [1.82, 2.24) is 0 Å². The molecule has 0 aliphatic carbocycles. The molecule has 0 aliphatic heterocycles. The van der Waals surface area contributed by atoms with Crippen LogP contribution in [0, 0.1) is 0 Å². The largest absolute Gasteiger partial charge is 0.0750 e. The van der Waals surface area contributed by atoms with Gasteiger partial charge in [0.15, 0.2) is 0 Å². The van der Waals surface area contributed by atoms with Gasteiger partial charge in [0.1, 0.15) is 0 Å². The molecule has 0 spiro atoms. The van der Waals surface area contributed by atoms with Gasteiger partial charge >= 0.3 is 0 Å². The van der Waals surface area contributed by atoms with Crippen LogP contribution in [0.2, 0.25) is 19.6 Å². The Balaban J connectivity index is 0.000000292. The summed E-state index contributed by atoms with van der Waals surface area (Å²) in [7, 11) is 0.508. The minimum Gasteiger partial charge on any atom is -0.0750 e. The van der Waals surface area contributed by atoms with E-state index in [1.54, 1.807) is 5.19 Å². The Kier molecular flexibility index (Phi) is 7.51. The molecule has 0 saturated heterocycles. The van der Waals surface area contributed by atoms with Crippen molar-refractivity contribution in [3.05, 3.63) is 30.3 Å². The van der Waals surface area contributed by atoms with Crippen molar-refractivity contribution in [3.8, 4) is 0 Å². The van der Waals surface area contributed by atoms with Crippen LogP contribution in [0.1, 0.15) is 0 Å². The quantitative estimate of drug-likeness (QED) is 0.563. The molecule has 1 aromatic carbocycles. The number of hydrogen-bond acceptors (Lipinski definition) is 0. The van der Waals surface area contributed by atoms with Gasteiger partial charge in [0, 0.05) is 9.52 Å². The summed E-state index contributed by atoms with van der Waals surface area (Å²) >= 11 is 0. The molecule has 11 heavy (non-hydrogen) atoms. The maximum absolute atomic E-state index is 2.30. The summed E-state index contributed by atoms with van der Waals surface area (Å²) in [5.74, 6) is 0. The Morgan fingerprint density at radius 3 is 1.64 bits per heavy atom. The lowest BCUT2D eigenvalue weighted by atomic mass is 10.4. The Morgan fingerprint density at radius 1 is 0.909 bits per heavy atom. The number of rotatable bonds is 1. The fraction of sp³-hybridized carbons (Fsp3) is 0.333. The molecule has 0 heterocycles. The Morgan fingerprint density at radius 2 is 1.36 bits per heavy atom. The maximum atomic E-state index is 2.30. The van der Waals surface area contributed by atoms with Gasteiger partial charge in [0.05, 0.1) is 9.52 Å². The van der Waals surface area contributed by atoms with Crippen LogP contribution in [0.4, 0.5) is 0 Å². The van der Waals surface area contributed by atoms with E-state index in [9.17, 15) is 0 Å². The average molecular weight is 182 g/mol. The van der Waals surface area contributed by atoms with E-state index in [2.05, 4.69) is 50.0 Å². The third kappa shape index (κ3) is 6.07. The van der Waals surface area contributed by atoms with E-state index >= 15 is 0 Å². The lowest BCUT2D eigenvalue weighted by molar-refractivity contribution is 1.77. The van der Waals surface area contributed by atoms with Crippen molar-refractivity contribution in [2.45, 2.75) is 19.6 Å². The van der Waals surface area contributed by atoms with Gasteiger partial charge < -0.3 is 0 Å². The number of hydrogen-bond donors (Lipinski definition) is 0. The van der Waals surface area contributed by atoms with E-state index in [1.807, 2.05) is 0 Å². The molecular formula is C9H18Si2. The van der Waals surface area contributed by atoms with Gasteiger partial charge in [-0.1, -0.05) is 55.2 Å². The van der Waals surface area contributed by atoms with Gasteiger partial charge in [-0.05, 0) is 0 Å². The third-order valence-corrected chi connectivity index (χ3v) is 2.54. The Labute approximate surface area is 74.7 Å². The van der Waals surface area contributed by atoms with Gasteiger partial charge in [-0.15, -0.1) is 0 Å². The van der Waals surface area contributed by atoms with Gasteiger partial charge in [-0.3, -0.25) is 0 Å². The minimum atomic E-state index is 0.0913. The predicted octanol–water partition coefficient (Wildman–Crippen LogP) is 0.780. The monoisotopic (exact) mass is 182 g/mol. The van der Waals surface area contributed by atoms with E-state index in [0.29, 0.717) is 9.52 Å². The summed E-state index contributed by atoms with van der Waals surface area (Å²) in [5, 5.41) is 1.55. The first-order valence-corrected chi connectivity index (χ1v) is 9.34.